The second-order valence-electron chi connectivity index (χ2n) is 4.96. The number of rotatable bonds is 8. The second-order valence-corrected chi connectivity index (χ2v) is 4.96. The van der Waals surface area contributed by atoms with Gasteiger partial charge in [0.05, 0.1) is 13.7 Å². The average Bonchev–Trinajstić information content (AvgIpc) is 2.49. The number of carbonyl (C=O) groups is 1. The second kappa shape index (κ2) is 7.93. The third-order valence-corrected chi connectivity index (χ3v) is 3.42. The highest BCUT2D eigenvalue weighted by Crippen LogP contribution is 2.18. The van der Waals surface area contributed by atoms with Gasteiger partial charge in [0, 0.05) is 6.07 Å². The summed E-state index contributed by atoms with van der Waals surface area (Å²) in [5.41, 5.74) is -0.725. The lowest BCUT2D eigenvalue weighted by molar-refractivity contribution is -0.148. The smallest absolute Gasteiger partial charge is 0.325 e. The van der Waals surface area contributed by atoms with Crippen LogP contribution in [-0.2, 0) is 9.53 Å². The van der Waals surface area contributed by atoms with Gasteiger partial charge in [0.2, 0.25) is 0 Å². The molecule has 0 aliphatic carbocycles. The number of methoxy groups -OCH3 is 1. The summed E-state index contributed by atoms with van der Waals surface area (Å²) in [5.74, 6) is -1.85. The molecule has 0 saturated heterocycles. The molecule has 0 radical (unpaired) electrons. The van der Waals surface area contributed by atoms with E-state index in [1.54, 1.807) is 14.0 Å². The molecule has 4 nitrogen and oxygen atoms in total. The maximum absolute atomic E-state index is 13.0. The van der Waals surface area contributed by atoms with Gasteiger partial charge in [0.1, 0.15) is 11.3 Å². The van der Waals surface area contributed by atoms with Gasteiger partial charge in [-0.1, -0.05) is 0 Å². The highest BCUT2D eigenvalue weighted by Gasteiger charge is 2.31. The molecule has 0 aromatic heterocycles. The fourth-order valence-corrected chi connectivity index (χ4v) is 1.89. The lowest BCUT2D eigenvalue weighted by atomic mass is 9.95. The molecule has 118 valence electrons. The number of benzene rings is 1. The Labute approximate surface area is 123 Å². The van der Waals surface area contributed by atoms with Gasteiger partial charge in [-0.25, -0.2) is 8.78 Å². The Morgan fingerprint density at radius 1 is 1.29 bits per heavy atom. The lowest BCUT2D eigenvalue weighted by Crippen LogP contribution is -2.48. The monoisotopic (exact) mass is 301 g/mol. The number of nitrogens with one attached hydrogen (secondary N) is 1. The van der Waals surface area contributed by atoms with Gasteiger partial charge >= 0.3 is 5.97 Å². The molecule has 1 aromatic carbocycles. The average molecular weight is 301 g/mol. The zero-order chi connectivity index (χ0) is 15.9. The first-order chi connectivity index (χ1) is 9.92. The lowest BCUT2D eigenvalue weighted by Gasteiger charge is -2.25. The number of hydrogen-bond donors (Lipinski definition) is 1. The van der Waals surface area contributed by atoms with Crippen molar-refractivity contribution < 1.29 is 23.0 Å². The van der Waals surface area contributed by atoms with Gasteiger partial charge in [0.25, 0.3) is 0 Å². The molecule has 0 amide bonds. The number of hydrogen-bond acceptors (Lipinski definition) is 4. The standard InChI is InChI=1S/C15H21F2NO3/c1-15(18-2,14(19)20-3)8-4-5-9-21-11-6-7-12(16)13(17)10-11/h6-7,10,18H,4-5,8-9H2,1-3H3. The minimum atomic E-state index is -0.930. The summed E-state index contributed by atoms with van der Waals surface area (Å²) in [6, 6.07) is 3.42. The van der Waals surface area contributed by atoms with Crippen molar-refractivity contribution in [2.45, 2.75) is 31.7 Å². The van der Waals surface area contributed by atoms with Crippen LogP contribution in [0.25, 0.3) is 0 Å². The number of carbonyl (C=O) groups excluding carboxylic acids is 1. The van der Waals surface area contributed by atoms with Crippen molar-refractivity contribution in [2.75, 3.05) is 20.8 Å². The van der Waals surface area contributed by atoms with Crippen molar-refractivity contribution in [1.82, 2.24) is 5.32 Å². The van der Waals surface area contributed by atoms with E-state index < -0.39 is 17.2 Å². The minimum Gasteiger partial charge on any atom is -0.493 e. The first-order valence-electron chi connectivity index (χ1n) is 6.78. The van der Waals surface area contributed by atoms with Crippen LogP contribution in [0.5, 0.6) is 5.75 Å². The van der Waals surface area contributed by atoms with Crippen LogP contribution in [0.3, 0.4) is 0 Å². The van der Waals surface area contributed by atoms with E-state index in [0.717, 1.165) is 18.6 Å². The number of halogens is 2. The van der Waals surface area contributed by atoms with Crippen molar-refractivity contribution in [2.24, 2.45) is 0 Å². The van der Waals surface area contributed by atoms with Crippen LogP contribution in [0.1, 0.15) is 26.2 Å². The maximum Gasteiger partial charge on any atom is 0.325 e. The van der Waals surface area contributed by atoms with E-state index >= 15 is 0 Å². The van der Waals surface area contributed by atoms with Gasteiger partial charge in [-0.3, -0.25) is 4.79 Å². The molecule has 0 saturated carbocycles. The van der Waals surface area contributed by atoms with Gasteiger partial charge in [0.15, 0.2) is 11.6 Å². The Morgan fingerprint density at radius 3 is 2.57 bits per heavy atom. The molecule has 21 heavy (non-hydrogen) atoms. The maximum atomic E-state index is 13.0. The third-order valence-electron chi connectivity index (χ3n) is 3.42. The molecule has 0 fully saturated rings. The van der Waals surface area contributed by atoms with Crippen molar-refractivity contribution in [3.05, 3.63) is 29.8 Å². The molecule has 0 heterocycles. The molecular weight excluding hydrogens is 280 g/mol. The van der Waals surface area contributed by atoms with Crippen molar-refractivity contribution in [3.8, 4) is 5.75 Å². The topological polar surface area (TPSA) is 47.6 Å². The van der Waals surface area contributed by atoms with E-state index in [4.69, 9.17) is 9.47 Å². The quantitative estimate of drug-likeness (QED) is 0.592. The Bertz CT molecular complexity index is 482. The zero-order valence-electron chi connectivity index (χ0n) is 12.5. The fourth-order valence-electron chi connectivity index (χ4n) is 1.89. The van der Waals surface area contributed by atoms with E-state index in [2.05, 4.69) is 5.32 Å². The van der Waals surface area contributed by atoms with Crippen LogP contribution in [0.2, 0.25) is 0 Å². The van der Waals surface area contributed by atoms with E-state index in [1.807, 2.05) is 0 Å². The Kier molecular flexibility index (Phi) is 6.55. The molecule has 1 aromatic rings. The van der Waals surface area contributed by atoms with E-state index in [-0.39, 0.29) is 5.97 Å². The van der Waals surface area contributed by atoms with Gasteiger partial charge in [-0.05, 0) is 45.4 Å². The van der Waals surface area contributed by atoms with Gasteiger partial charge in [-0.2, -0.15) is 0 Å². The molecule has 6 heteroatoms. The largest absolute Gasteiger partial charge is 0.493 e. The minimum absolute atomic E-state index is 0.290. The van der Waals surface area contributed by atoms with Gasteiger partial charge in [-0.15, -0.1) is 0 Å². The molecule has 0 spiro atoms. The number of unbranched alkanes of at least 4 members (excludes halogenated alkanes) is 1. The van der Waals surface area contributed by atoms with Crippen LogP contribution >= 0.6 is 0 Å². The first kappa shape index (κ1) is 17.4. The zero-order valence-corrected chi connectivity index (χ0v) is 12.5. The molecular formula is C15H21F2NO3. The fraction of sp³-hybridized carbons (Fsp3) is 0.533. The molecule has 1 rings (SSSR count). The predicted molar refractivity (Wildman–Crippen MR) is 75.2 cm³/mol. The van der Waals surface area contributed by atoms with E-state index in [9.17, 15) is 13.6 Å². The summed E-state index contributed by atoms with van der Waals surface area (Å²) in [4.78, 5) is 11.6. The molecule has 0 bridgehead atoms. The Morgan fingerprint density at radius 2 is 2.00 bits per heavy atom. The van der Waals surface area contributed by atoms with Crippen LogP contribution in [-0.4, -0.2) is 32.3 Å². The highest BCUT2D eigenvalue weighted by molar-refractivity contribution is 5.80. The summed E-state index contributed by atoms with van der Waals surface area (Å²) >= 11 is 0. The summed E-state index contributed by atoms with van der Waals surface area (Å²) in [6.07, 6.45) is 2.01. The molecule has 0 aliphatic heterocycles. The third kappa shape index (κ3) is 4.97. The summed E-state index contributed by atoms with van der Waals surface area (Å²) < 4.78 is 35.8. The van der Waals surface area contributed by atoms with Crippen molar-refractivity contribution in [3.63, 3.8) is 0 Å². The van der Waals surface area contributed by atoms with E-state index in [0.29, 0.717) is 25.2 Å². The van der Waals surface area contributed by atoms with Crippen LogP contribution < -0.4 is 10.1 Å². The normalized spacial score (nSPS) is 13.6. The van der Waals surface area contributed by atoms with Crippen LogP contribution in [0.15, 0.2) is 18.2 Å². The molecule has 0 aliphatic rings. The molecule has 1 atom stereocenters. The van der Waals surface area contributed by atoms with Crippen molar-refractivity contribution in [1.29, 1.82) is 0 Å². The first-order valence-corrected chi connectivity index (χ1v) is 6.78. The Hall–Kier alpha value is -1.69. The van der Waals surface area contributed by atoms with Crippen molar-refractivity contribution >= 4 is 5.97 Å². The Balaban J connectivity index is 2.34. The SMILES string of the molecule is CNC(C)(CCCCOc1ccc(F)c(F)c1)C(=O)OC. The summed E-state index contributed by atoms with van der Waals surface area (Å²) in [6.45, 7) is 2.14. The molecule has 1 unspecified atom stereocenters. The molecule has 1 N–H and O–H groups in total. The number of likely N-dealkylation sites (N-methyl/N-ethyl adjacent to an activating group) is 1. The summed E-state index contributed by atoms with van der Waals surface area (Å²) in [5, 5.41) is 2.94. The van der Waals surface area contributed by atoms with E-state index in [1.165, 1.54) is 13.2 Å². The highest BCUT2D eigenvalue weighted by atomic mass is 19.2. The number of esters is 1. The van der Waals surface area contributed by atoms with Crippen LogP contribution in [0, 0.1) is 11.6 Å². The van der Waals surface area contributed by atoms with Gasteiger partial charge < -0.3 is 14.8 Å². The summed E-state index contributed by atoms with van der Waals surface area (Å²) in [7, 11) is 3.05. The van der Waals surface area contributed by atoms with Crippen LogP contribution in [0.4, 0.5) is 8.78 Å². The number of ether oxygens (including phenoxy) is 2. The predicted octanol–water partition coefficient (Wildman–Crippen LogP) is 2.67.